The van der Waals surface area contributed by atoms with E-state index in [9.17, 15) is 0 Å². The van der Waals surface area contributed by atoms with Gasteiger partial charge in [0.05, 0.1) is 12.6 Å². The fourth-order valence-electron chi connectivity index (χ4n) is 1.54. The first kappa shape index (κ1) is 15.3. The molecule has 4 heteroatoms. The molecule has 0 aliphatic heterocycles. The minimum atomic E-state index is 0.171. The summed E-state index contributed by atoms with van der Waals surface area (Å²) < 4.78 is 5.68. The highest BCUT2D eigenvalue weighted by molar-refractivity contribution is 8.00. The van der Waals surface area contributed by atoms with Crippen LogP contribution >= 0.6 is 11.8 Å². The van der Waals surface area contributed by atoms with Gasteiger partial charge in [-0.2, -0.15) is 11.8 Å². The number of nitrogens with two attached hydrogens (primary N) is 1. The van der Waals surface area contributed by atoms with Crippen molar-refractivity contribution in [3.05, 3.63) is 29.8 Å². The Balaban J connectivity index is 2.64. The van der Waals surface area contributed by atoms with E-state index in [0.717, 1.165) is 11.5 Å². The van der Waals surface area contributed by atoms with Crippen molar-refractivity contribution in [3.8, 4) is 5.75 Å². The molecule has 0 heterocycles. The topological polar surface area (TPSA) is 47.3 Å². The second kappa shape index (κ2) is 7.02. The summed E-state index contributed by atoms with van der Waals surface area (Å²) in [6.45, 7) is 9.31. The molecule has 1 aromatic carbocycles. The summed E-state index contributed by atoms with van der Waals surface area (Å²) in [5.41, 5.74) is 4.07. The average Bonchev–Trinajstić information content (AvgIpc) is 2.31. The molecule has 0 bridgehead atoms. The van der Waals surface area contributed by atoms with Crippen LogP contribution in [-0.2, 0) is 0 Å². The maximum Gasteiger partial charge on any atom is 0.119 e. The largest absolute Gasteiger partial charge is 0.494 e. The van der Waals surface area contributed by atoms with Gasteiger partial charge in [-0.1, -0.05) is 32.9 Å². The average molecular weight is 268 g/mol. The van der Waals surface area contributed by atoms with Crippen LogP contribution in [0.3, 0.4) is 0 Å². The smallest absolute Gasteiger partial charge is 0.119 e. The number of hydrogen-bond acceptors (Lipinski definition) is 4. The molecule has 3 nitrogen and oxygen atoms in total. The summed E-state index contributed by atoms with van der Waals surface area (Å²) in [5.74, 6) is 7.49. The Hall–Kier alpha value is -0.710. The molecule has 0 aliphatic carbocycles. The van der Waals surface area contributed by atoms with Gasteiger partial charge in [0.15, 0.2) is 0 Å². The summed E-state index contributed by atoms with van der Waals surface area (Å²) in [7, 11) is 0. The van der Waals surface area contributed by atoms with Gasteiger partial charge in [-0.05, 0) is 24.6 Å². The van der Waals surface area contributed by atoms with Gasteiger partial charge in [0.25, 0.3) is 0 Å². The van der Waals surface area contributed by atoms with Crippen molar-refractivity contribution in [3.63, 3.8) is 0 Å². The maximum atomic E-state index is 5.64. The first-order chi connectivity index (χ1) is 8.46. The number of hydrogen-bond donors (Lipinski definition) is 2. The SMILES string of the molecule is CCOc1ccc(C(CSC(C)(C)C)NN)cc1. The molecule has 0 aliphatic rings. The van der Waals surface area contributed by atoms with E-state index < -0.39 is 0 Å². The number of rotatable bonds is 6. The molecule has 0 radical (unpaired) electrons. The zero-order chi connectivity index (χ0) is 13.6. The lowest BCUT2D eigenvalue weighted by Crippen LogP contribution is -2.30. The summed E-state index contributed by atoms with van der Waals surface area (Å²) >= 11 is 1.90. The van der Waals surface area contributed by atoms with Crippen LogP contribution < -0.4 is 16.0 Å². The predicted octanol–water partition coefficient (Wildman–Crippen LogP) is 3.12. The number of hydrazine groups is 1. The molecule has 0 spiro atoms. The number of nitrogens with one attached hydrogen (secondary N) is 1. The molecule has 0 saturated carbocycles. The van der Waals surface area contributed by atoms with E-state index >= 15 is 0 Å². The molecule has 1 atom stereocenters. The molecule has 0 fully saturated rings. The van der Waals surface area contributed by atoms with Crippen molar-refractivity contribution < 1.29 is 4.74 Å². The molecule has 1 unspecified atom stereocenters. The fraction of sp³-hybridized carbons (Fsp3) is 0.571. The van der Waals surface area contributed by atoms with Gasteiger partial charge in [0.1, 0.15) is 5.75 Å². The van der Waals surface area contributed by atoms with Gasteiger partial charge < -0.3 is 4.74 Å². The lowest BCUT2D eigenvalue weighted by atomic mass is 10.1. The van der Waals surface area contributed by atoms with Crippen molar-refractivity contribution in [2.75, 3.05) is 12.4 Å². The zero-order valence-electron chi connectivity index (χ0n) is 11.7. The van der Waals surface area contributed by atoms with Gasteiger partial charge in [0.2, 0.25) is 0 Å². The van der Waals surface area contributed by atoms with Crippen molar-refractivity contribution in [2.24, 2.45) is 5.84 Å². The molecular weight excluding hydrogens is 244 g/mol. The third kappa shape index (κ3) is 5.29. The minimum absolute atomic E-state index is 0.171. The Labute approximate surface area is 114 Å². The molecule has 3 N–H and O–H groups in total. The molecule has 1 aromatic rings. The van der Waals surface area contributed by atoms with Crippen LogP contribution in [0.15, 0.2) is 24.3 Å². The van der Waals surface area contributed by atoms with Gasteiger partial charge in [-0.3, -0.25) is 11.3 Å². The molecule has 0 amide bonds. The van der Waals surface area contributed by atoms with E-state index in [1.807, 2.05) is 30.8 Å². The normalized spacial score (nSPS) is 13.4. The molecular formula is C14H24N2OS. The van der Waals surface area contributed by atoms with Crippen LogP contribution in [0.25, 0.3) is 0 Å². The summed E-state index contributed by atoms with van der Waals surface area (Å²) in [5, 5.41) is 0. The van der Waals surface area contributed by atoms with Crippen molar-refractivity contribution in [1.82, 2.24) is 5.43 Å². The highest BCUT2D eigenvalue weighted by atomic mass is 32.2. The second-order valence-corrected chi connectivity index (χ2v) is 6.99. The highest BCUT2D eigenvalue weighted by Gasteiger charge is 2.16. The van der Waals surface area contributed by atoms with Crippen LogP contribution in [0.2, 0.25) is 0 Å². The van der Waals surface area contributed by atoms with Crippen molar-refractivity contribution >= 4 is 11.8 Å². The first-order valence-electron chi connectivity index (χ1n) is 6.29. The lowest BCUT2D eigenvalue weighted by Gasteiger charge is -2.22. The van der Waals surface area contributed by atoms with E-state index in [4.69, 9.17) is 10.6 Å². The van der Waals surface area contributed by atoms with Crippen molar-refractivity contribution in [2.45, 2.75) is 38.5 Å². The molecule has 0 aromatic heterocycles. The van der Waals surface area contributed by atoms with Gasteiger partial charge in [0, 0.05) is 10.5 Å². The maximum absolute atomic E-state index is 5.64. The Morgan fingerprint density at radius 2 is 1.89 bits per heavy atom. The van der Waals surface area contributed by atoms with Crippen LogP contribution in [0, 0.1) is 0 Å². The van der Waals surface area contributed by atoms with Crippen LogP contribution in [-0.4, -0.2) is 17.1 Å². The second-order valence-electron chi connectivity index (χ2n) is 5.14. The van der Waals surface area contributed by atoms with E-state index in [0.29, 0.717) is 6.61 Å². The highest BCUT2D eigenvalue weighted by Crippen LogP contribution is 2.28. The third-order valence-corrected chi connectivity index (χ3v) is 3.84. The van der Waals surface area contributed by atoms with E-state index in [1.54, 1.807) is 0 Å². The summed E-state index contributed by atoms with van der Waals surface area (Å²) in [6, 6.07) is 8.29. The summed E-state index contributed by atoms with van der Waals surface area (Å²) in [4.78, 5) is 0. The Morgan fingerprint density at radius 1 is 1.28 bits per heavy atom. The summed E-state index contributed by atoms with van der Waals surface area (Å²) in [6.07, 6.45) is 0. The zero-order valence-corrected chi connectivity index (χ0v) is 12.5. The van der Waals surface area contributed by atoms with Gasteiger partial charge in [-0.15, -0.1) is 0 Å². The fourth-order valence-corrected chi connectivity index (χ4v) is 2.49. The lowest BCUT2D eigenvalue weighted by molar-refractivity contribution is 0.340. The van der Waals surface area contributed by atoms with Crippen LogP contribution in [0.5, 0.6) is 5.75 Å². The quantitative estimate of drug-likeness (QED) is 0.615. The van der Waals surface area contributed by atoms with Gasteiger partial charge in [-0.25, -0.2) is 0 Å². The van der Waals surface area contributed by atoms with Crippen molar-refractivity contribution in [1.29, 1.82) is 0 Å². The monoisotopic (exact) mass is 268 g/mol. The van der Waals surface area contributed by atoms with Crippen LogP contribution in [0.4, 0.5) is 0 Å². The van der Waals surface area contributed by atoms with E-state index in [1.165, 1.54) is 5.56 Å². The number of thioether (sulfide) groups is 1. The predicted molar refractivity (Wildman–Crippen MR) is 79.9 cm³/mol. The Bertz CT molecular complexity index is 346. The molecule has 1 rings (SSSR count). The Kier molecular flexibility index (Phi) is 5.99. The molecule has 102 valence electrons. The van der Waals surface area contributed by atoms with E-state index in [-0.39, 0.29) is 10.8 Å². The first-order valence-corrected chi connectivity index (χ1v) is 7.27. The van der Waals surface area contributed by atoms with Crippen LogP contribution in [0.1, 0.15) is 39.3 Å². The standard InChI is InChI=1S/C14H24N2OS/c1-5-17-12-8-6-11(7-9-12)13(16-15)10-18-14(2,3)4/h6-9,13,16H,5,10,15H2,1-4H3. The third-order valence-electron chi connectivity index (χ3n) is 2.48. The van der Waals surface area contributed by atoms with Gasteiger partial charge >= 0.3 is 0 Å². The number of ether oxygens (including phenoxy) is 1. The number of benzene rings is 1. The minimum Gasteiger partial charge on any atom is -0.494 e. The molecule has 0 saturated heterocycles. The molecule has 18 heavy (non-hydrogen) atoms. The Morgan fingerprint density at radius 3 is 2.33 bits per heavy atom. The van der Waals surface area contributed by atoms with E-state index in [2.05, 4.69) is 38.3 Å².